The lowest BCUT2D eigenvalue weighted by Crippen LogP contribution is -2.23. The van der Waals surface area contributed by atoms with Crippen LogP contribution in [0.15, 0.2) is 11.6 Å². The molecule has 0 bridgehead atoms. The van der Waals surface area contributed by atoms with Crippen LogP contribution < -0.4 is 5.73 Å². The van der Waals surface area contributed by atoms with Crippen LogP contribution in [0.3, 0.4) is 0 Å². The summed E-state index contributed by atoms with van der Waals surface area (Å²) in [5.74, 6) is 0.623. The van der Waals surface area contributed by atoms with Crippen molar-refractivity contribution in [1.29, 1.82) is 0 Å². The summed E-state index contributed by atoms with van der Waals surface area (Å²) in [5.41, 5.74) is 5.48. The molecule has 60 valence electrons. The molecule has 0 saturated carbocycles. The van der Waals surface area contributed by atoms with E-state index in [9.17, 15) is 0 Å². The highest BCUT2D eigenvalue weighted by molar-refractivity contribution is 8.04. The second-order valence-corrected chi connectivity index (χ2v) is 5.11. The van der Waals surface area contributed by atoms with Crippen LogP contribution in [0.2, 0.25) is 0 Å². The van der Waals surface area contributed by atoms with Crippen LogP contribution in [0.25, 0.3) is 0 Å². The van der Waals surface area contributed by atoms with Gasteiger partial charge in [-0.2, -0.15) is 0 Å². The van der Waals surface area contributed by atoms with Crippen LogP contribution in [0, 0.1) is 5.92 Å². The van der Waals surface area contributed by atoms with Crippen LogP contribution in [0.4, 0.5) is 0 Å². The molecule has 0 aliphatic heterocycles. The maximum Gasteiger partial charge on any atom is 0.0587 e. The lowest BCUT2D eigenvalue weighted by molar-refractivity contribution is 0.505. The first-order valence-electron chi connectivity index (χ1n) is 3.49. The summed E-state index contributed by atoms with van der Waals surface area (Å²) < 4.78 is 0.214. The Morgan fingerprint density at radius 3 is 2.00 bits per heavy atom. The van der Waals surface area contributed by atoms with Crippen LogP contribution in [0.1, 0.15) is 27.7 Å². The second-order valence-electron chi connectivity index (χ2n) is 3.33. The summed E-state index contributed by atoms with van der Waals surface area (Å²) in [6.07, 6.45) is 0. The van der Waals surface area contributed by atoms with Crippen molar-refractivity contribution in [3.05, 3.63) is 11.6 Å². The fourth-order valence-corrected chi connectivity index (χ4v) is 1.37. The Morgan fingerprint density at radius 2 is 1.90 bits per heavy atom. The summed E-state index contributed by atoms with van der Waals surface area (Å²) in [4.78, 5) is 0. The van der Waals surface area contributed by atoms with E-state index in [1.54, 1.807) is 11.8 Å². The molecule has 0 rings (SSSR count). The SMILES string of the molecule is C=C(N)SC(C)(C)C(C)C. The van der Waals surface area contributed by atoms with Gasteiger partial charge in [0.1, 0.15) is 0 Å². The molecule has 0 fully saturated rings. The van der Waals surface area contributed by atoms with Gasteiger partial charge in [-0.05, 0) is 5.92 Å². The highest BCUT2D eigenvalue weighted by Gasteiger charge is 2.22. The van der Waals surface area contributed by atoms with Crippen molar-refractivity contribution >= 4 is 11.8 Å². The first-order chi connectivity index (χ1) is 4.36. The molecular formula is C8H17NS. The third-order valence-electron chi connectivity index (χ3n) is 1.78. The Morgan fingerprint density at radius 1 is 1.50 bits per heavy atom. The number of rotatable bonds is 3. The van der Waals surface area contributed by atoms with Gasteiger partial charge in [-0.1, -0.05) is 34.3 Å². The van der Waals surface area contributed by atoms with E-state index in [4.69, 9.17) is 5.73 Å². The van der Waals surface area contributed by atoms with Gasteiger partial charge in [-0.3, -0.25) is 0 Å². The monoisotopic (exact) mass is 159 g/mol. The molecule has 0 aliphatic carbocycles. The van der Waals surface area contributed by atoms with E-state index in [-0.39, 0.29) is 4.75 Å². The van der Waals surface area contributed by atoms with E-state index < -0.39 is 0 Å². The predicted molar refractivity (Wildman–Crippen MR) is 49.8 cm³/mol. The number of hydrogen-bond acceptors (Lipinski definition) is 2. The van der Waals surface area contributed by atoms with E-state index >= 15 is 0 Å². The molecule has 0 aliphatic rings. The van der Waals surface area contributed by atoms with Crippen LogP contribution in [-0.4, -0.2) is 4.75 Å². The molecule has 1 nitrogen and oxygen atoms in total. The molecule has 0 heterocycles. The predicted octanol–water partition coefficient (Wildman–Crippen LogP) is 2.58. The van der Waals surface area contributed by atoms with Crippen LogP contribution in [-0.2, 0) is 0 Å². The molecule has 0 aromatic heterocycles. The standard InChI is InChI=1S/C8H17NS/c1-6(2)8(4,5)10-7(3)9/h6H,3,9H2,1-2,4-5H3. The molecule has 0 aromatic rings. The Hall–Kier alpha value is -0.110. The minimum Gasteiger partial charge on any atom is -0.394 e. The van der Waals surface area contributed by atoms with Gasteiger partial charge in [0.05, 0.1) is 5.03 Å². The van der Waals surface area contributed by atoms with Crippen molar-refractivity contribution < 1.29 is 0 Å². The van der Waals surface area contributed by atoms with E-state index in [1.807, 2.05) is 0 Å². The maximum atomic E-state index is 5.48. The second kappa shape index (κ2) is 3.33. The van der Waals surface area contributed by atoms with Gasteiger partial charge in [-0.15, -0.1) is 11.8 Å². The molecule has 0 amide bonds. The average molecular weight is 159 g/mol. The summed E-state index contributed by atoms with van der Waals surface area (Å²) in [5, 5.41) is 0.707. The van der Waals surface area contributed by atoms with E-state index in [1.165, 1.54) is 0 Å². The Kier molecular flexibility index (Phi) is 3.29. The van der Waals surface area contributed by atoms with Crippen molar-refractivity contribution in [2.75, 3.05) is 0 Å². The van der Waals surface area contributed by atoms with Gasteiger partial charge >= 0.3 is 0 Å². The molecule has 0 saturated heterocycles. The molecule has 0 spiro atoms. The topological polar surface area (TPSA) is 26.0 Å². The largest absolute Gasteiger partial charge is 0.394 e. The van der Waals surface area contributed by atoms with E-state index in [2.05, 4.69) is 34.3 Å². The van der Waals surface area contributed by atoms with Gasteiger partial charge in [0.15, 0.2) is 0 Å². The zero-order valence-electron chi connectivity index (χ0n) is 7.27. The van der Waals surface area contributed by atoms with Gasteiger partial charge in [0.25, 0.3) is 0 Å². The normalized spacial score (nSPS) is 12.1. The maximum absolute atomic E-state index is 5.48. The van der Waals surface area contributed by atoms with E-state index in [0.717, 1.165) is 0 Å². The Bertz CT molecular complexity index is 127. The summed E-state index contributed by atoms with van der Waals surface area (Å²) in [6, 6.07) is 0. The van der Waals surface area contributed by atoms with Gasteiger partial charge in [0, 0.05) is 4.75 Å². The minimum absolute atomic E-state index is 0.214. The zero-order chi connectivity index (χ0) is 8.36. The molecule has 0 radical (unpaired) electrons. The zero-order valence-corrected chi connectivity index (χ0v) is 8.09. The van der Waals surface area contributed by atoms with Gasteiger partial charge < -0.3 is 5.73 Å². The highest BCUT2D eigenvalue weighted by atomic mass is 32.2. The summed E-state index contributed by atoms with van der Waals surface area (Å²) in [6.45, 7) is 12.4. The fourth-order valence-electron chi connectivity index (χ4n) is 0.456. The third kappa shape index (κ3) is 3.16. The summed E-state index contributed by atoms with van der Waals surface area (Å²) >= 11 is 1.65. The third-order valence-corrected chi connectivity index (χ3v) is 3.04. The highest BCUT2D eigenvalue weighted by Crippen LogP contribution is 2.34. The number of nitrogens with two attached hydrogens (primary N) is 1. The quantitative estimate of drug-likeness (QED) is 0.685. The van der Waals surface area contributed by atoms with Crippen LogP contribution in [0.5, 0.6) is 0 Å². The molecule has 2 heteroatoms. The van der Waals surface area contributed by atoms with Crippen LogP contribution >= 0.6 is 11.8 Å². The lowest BCUT2D eigenvalue weighted by atomic mass is 10.00. The van der Waals surface area contributed by atoms with Crippen molar-refractivity contribution in [3.8, 4) is 0 Å². The molecule has 0 aromatic carbocycles. The first kappa shape index (κ1) is 9.89. The van der Waals surface area contributed by atoms with E-state index in [0.29, 0.717) is 10.9 Å². The Balaban J connectivity index is 3.99. The molecule has 2 N–H and O–H groups in total. The lowest BCUT2D eigenvalue weighted by Gasteiger charge is -2.27. The Labute approximate surface area is 68.1 Å². The fraction of sp³-hybridized carbons (Fsp3) is 0.750. The summed E-state index contributed by atoms with van der Waals surface area (Å²) in [7, 11) is 0. The number of hydrogen-bond donors (Lipinski definition) is 1. The van der Waals surface area contributed by atoms with Gasteiger partial charge in [0.2, 0.25) is 0 Å². The van der Waals surface area contributed by atoms with Crippen molar-refractivity contribution in [2.24, 2.45) is 11.7 Å². The number of thioether (sulfide) groups is 1. The van der Waals surface area contributed by atoms with Gasteiger partial charge in [-0.25, -0.2) is 0 Å². The van der Waals surface area contributed by atoms with Crippen molar-refractivity contribution in [3.63, 3.8) is 0 Å². The smallest absolute Gasteiger partial charge is 0.0587 e. The molecule has 0 unspecified atom stereocenters. The average Bonchev–Trinajstić information content (AvgIpc) is 1.60. The first-order valence-corrected chi connectivity index (χ1v) is 4.31. The molecular weight excluding hydrogens is 142 g/mol. The molecule has 0 atom stereocenters. The minimum atomic E-state index is 0.214. The van der Waals surface area contributed by atoms with Crippen molar-refractivity contribution in [1.82, 2.24) is 0 Å². The van der Waals surface area contributed by atoms with Crippen molar-refractivity contribution in [2.45, 2.75) is 32.4 Å². The molecule has 10 heavy (non-hydrogen) atoms.